The normalized spacial score (nSPS) is 10.1. The van der Waals surface area contributed by atoms with Gasteiger partial charge in [0.25, 0.3) is 0 Å². The maximum absolute atomic E-state index is 11.8. The first kappa shape index (κ1) is 27.9. The number of aliphatic hydroxyl groups excluding tert-OH is 1. The molecule has 2 aromatic heterocycles. The van der Waals surface area contributed by atoms with Crippen LogP contribution in [0.5, 0.6) is 11.8 Å². The van der Waals surface area contributed by atoms with E-state index in [2.05, 4.69) is 81.8 Å². The van der Waals surface area contributed by atoms with Gasteiger partial charge in [0, 0.05) is 28.9 Å². The number of halogens is 8. The van der Waals surface area contributed by atoms with E-state index in [1.807, 2.05) is 0 Å². The van der Waals surface area contributed by atoms with Gasteiger partial charge >= 0.3 is 13.2 Å². The monoisotopic (exact) mass is 680 g/mol. The summed E-state index contributed by atoms with van der Waals surface area (Å²) < 4.78 is 54.9. The molecule has 0 spiro atoms. The molecule has 0 saturated carbocycles. The lowest BCUT2D eigenvalue weighted by atomic mass is 10.3. The van der Waals surface area contributed by atoms with E-state index in [1.54, 1.807) is 12.1 Å². The van der Waals surface area contributed by atoms with E-state index < -0.39 is 13.2 Å². The predicted octanol–water partition coefficient (Wildman–Crippen LogP) is 7.15. The summed E-state index contributed by atoms with van der Waals surface area (Å²) in [5, 5.41) is 9.11. The Hall–Kier alpha value is -0.0700. The van der Waals surface area contributed by atoms with Gasteiger partial charge in [-0.3, -0.25) is 0 Å². The van der Waals surface area contributed by atoms with Crippen LogP contribution in [0.25, 0.3) is 0 Å². The van der Waals surface area contributed by atoms with Crippen molar-refractivity contribution in [2.24, 2.45) is 0 Å². The number of aromatic nitrogens is 2. The fourth-order valence-corrected chi connectivity index (χ4v) is 1.88. The van der Waals surface area contributed by atoms with Gasteiger partial charge in [-0.05, 0) is 64.7 Å². The number of alkyl halides is 5. The molecule has 0 bridgehead atoms. The van der Waals surface area contributed by atoms with Crippen LogP contribution in [0.2, 0.25) is 0 Å². The van der Waals surface area contributed by atoms with Gasteiger partial charge in [0.1, 0.15) is 4.03 Å². The van der Waals surface area contributed by atoms with Gasteiger partial charge in [-0.2, -0.15) is 17.6 Å². The predicted molar refractivity (Wildman–Crippen MR) is 114 cm³/mol. The van der Waals surface area contributed by atoms with Crippen molar-refractivity contribution >= 4 is 66.4 Å². The van der Waals surface area contributed by atoms with E-state index in [0.717, 1.165) is 0 Å². The third-order valence-electron chi connectivity index (χ3n) is 2.42. The number of nitrogens with zero attached hydrogens (tertiary/aromatic N) is 2. The van der Waals surface area contributed by atoms with Crippen LogP contribution in [0.15, 0.2) is 36.7 Å². The Morgan fingerprint density at radius 1 is 0.893 bits per heavy atom. The Kier molecular flexibility index (Phi) is 16.7. The van der Waals surface area contributed by atoms with Crippen molar-refractivity contribution in [1.82, 2.24) is 9.97 Å². The zero-order valence-electron chi connectivity index (χ0n) is 13.7. The van der Waals surface area contributed by atoms with Gasteiger partial charge in [0.05, 0.1) is 6.61 Å². The van der Waals surface area contributed by atoms with Gasteiger partial charge < -0.3 is 14.6 Å². The van der Waals surface area contributed by atoms with E-state index in [-0.39, 0.29) is 28.0 Å². The van der Waals surface area contributed by atoms with E-state index >= 15 is 0 Å². The van der Waals surface area contributed by atoms with E-state index in [9.17, 15) is 17.6 Å². The molecule has 158 valence electrons. The molecular weight excluding hydrogens is 671 g/mol. The van der Waals surface area contributed by atoms with Gasteiger partial charge in [0.2, 0.25) is 11.8 Å². The maximum Gasteiger partial charge on any atom is 0.388 e. The molecule has 0 saturated heterocycles. The molecule has 0 radical (unpaired) electrons. The average molecular weight is 684 g/mol. The minimum absolute atomic E-state index is 0.0237. The highest BCUT2D eigenvalue weighted by atomic mass is 80.0. The van der Waals surface area contributed by atoms with E-state index in [1.165, 1.54) is 24.5 Å². The molecule has 0 aliphatic rings. The first-order chi connectivity index (χ1) is 13.2. The Balaban J connectivity index is 0.000000439. The highest BCUT2D eigenvalue weighted by molar-refractivity contribution is 9.93. The SMILES string of the molecule is BrP(Br)Br.FC(F)Oc1ncccc1CBr.OCc1cccnc1OC(F)F. The zero-order chi connectivity index (χ0) is 21.5. The van der Waals surface area contributed by atoms with Crippen molar-refractivity contribution in [1.29, 1.82) is 0 Å². The Labute approximate surface area is 192 Å². The number of aliphatic hydroxyl groups is 1. The molecule has 28 heavy (non-hydrogen) atoms. The zero-order valence-corrected chi connectivity index (χ0v) is 20.9. The molecule has 0 amide bonds. The summed E-state index contributed by atoms with van der Waals surface area (Å²) in [6.45, 7) is -6.10. The number of hydrogen-bond acceptors (Lipinski definition) is 5. The van der Waals surface area contributed by atoms with Crippen molar-refractivity contribution in [2.45, 2.75) is 25.2 Å². The van der Waals surface area contributed by atoms with Crippen molar-refractivity contribution in [3.8, 4) is 11.8 Å². The van der Waals surface area contributed by atoms with Crippen LogP contribution >= 0.6 is 66.4 Å². The molecule has 0 aliphatic heterocycles. The lowest BCUT2D eigenvalue weighted by Gasteiger charge is -2.05. The van der Waals surface area contributed by atoms with E-state index in [0.29, 0.717) is 10.9 Å². The molecule has 0 atom stereocenters. The molecule has 0 aliphatic carbocycles. The molecule has 0 fully saturated rings. The second kappa shape index (κ2) is 16.7. The van der Waals surface area contributed by atoms with Gasteiger partial charge in [-0.25, -0.2) is 9.97 Å². The lowest BCUT2D eigenvalue weighted by molar-refractivity contribution is -0.0544. The summed E-state index contributed by atoms with van der Waals surface area (Å²) in [7, 11) is 0. The van der Waals surface area contributed by atoms with Crippen molar-refractivity contribution in [2.75, 3.05) is 0 Å². The standard InChI is InChI=1S/C7H6BrF2NO.C7H7F2NO2.Br3P/c8-4-5-2-1-3-11-6(5)12-7(9)10;8-7(9)12-6-5(4-11)2-1-3-10-6;1-4(2)3/h1-3,7H,4H2;1-3,7,11H,4H2;. The second-order valence-electron chi connectivity index (χ2n) is 4.18. The fraction of sp³-hybridized carbons (Fsp3) is 0.286. The van der Waals surface area contributed by atoms with Crippen LogP contribution in [0.3, 0.4) is 0 Å². The smallest absolute Gasteiger partial charge is 0.388 e. The largest absolute Gasteiger partial charge is 0.417 e. The Bertz CT molecular complexity index is 622. The van der Waals surface area contributed by atoms with Gasteiger partial charge in [0.15, 0.2) is 0 Å². The first-order valence-electron chi connectivity index (χ1n) is 6.92. The van der Waals surface area contributed by atoms with Crippen LogP contribution < -0.4 is 9.47 Å². The van der Waals surface area contributed by atoms with Crippen molar-refractivity contribution in [3.05, 3.63) is 47.8 Å². The third-order valence-corrected chi connectivity index (χ3v) is 3.02. The third kappa shape index (κ3) is 14.0. The average Bonchev–Trinajstić information content (AvgIpc) is 2.62. The maximum atomic E-state index is 11.8. The summed E-state index contributed by atoms with van der Waals surface area (Å²) in [5.74, 6) is -0.251. The molecule has 2 aromatic rings. The van der Waals surface area contributed by atoms with Crippen LogP contribution in [0.1, 0.15) is 11.1 Å². The van der Waals surface area contributed by atoms with Gasteiger partial charge in [-0.1, -0.05) is 22.0 Å². The topological polar surface area (TPSA) is 64.5 Å². The molecule has 2 rings (SSSR count). The minimum atomic E-state index is -2.91. The van der Waals surface area contributed by atoms with Crippen LogP contribution in [0, 0.1) is 0 Å². The summed E-state index contributed by atoms with van der Waals surface area (Å²) in [5.41, 5.74) is 0.857. The Morgan fingerprint density at radius 2 is 1.29 bits per heavy atom. The summed E-state index contributed by atoms with van der Waals surface area (Å²) in [6.07, 6.45) is 2.72. The number of hydrogen-bond donors (Lipinski definition) is 1. The highest BCUT2D eigenvalue weighted by Crippen LogP contribution is 2.59. The number of pyridine rings is 2. The molecule has 5 nitrogen and oxygen atoms in total. The first-order valence-corrected chi connectivity index (χ1v) is 15.4. The number of rotatable bonds is 6. The minimum Gasteiger partial charge on any atom is -0.417 e. The molecule has 14 heteroatoms. The fourth-order valence-electron chi connectivity index (χ4n) is 1.45. The quantitative estimate of drug-likeness (QED) is 0.199. The van der Waals surface area contributed by atoms with E-state index in [4.69, 9.17) is 5.11 Å². The van der Waals surface area contributed by atoms with Crippen LogP contribution in [0.4, 0.5) is 17.6 Å². The van der Waals surface area contributed by atoms with Crippen molar-refractivity contribution < 1.29 is 32.1 Å². The molecule has 0 unspecified atom stereocenters. The summed E-state index contributed by atoms with van der Waals surface area (Å²) in [6, 6.07) is 6.32. The molecule has 0 aromatic carbocycles. The summed E-state index contributed by atoms with van der Waals surface area (Å²) >= 11 is 12.6. The summed E-state index contributed by atoms with van der Waals surface area (Å²) in [4.78, 5) is 7.18. The highest BCUT2D eigenvalue weighted by Gasteiger charge is 2.09. The van der Waals surface area contributed by atoms with Crippen LogP contribution in [-0.4, -0.2) is 28.3 Å². The Morgan fingerprint density at radius 3 is 1.64 bits per heavy atom. The molecular formula is C14H13Br4F4N2O3P. The number of ether oxygens (including phenoxy) is 2. The molecule has 2 heterocycles. The lowest BCUT2D eigenvalue weighted by Crippen LogP contribution is -2.05. The molecule has 1 N–H and O–H groups in total. The van der Waals surface area contributed by atoms with Crippen LogP contribution in [-0.2, 0) is 11.9 Å². The van der Waals surface area contributed by atoms with Crippen molar-refractivity contribution in [3.63, 3.8) is 0 Å². The second-order valence-corrected chi connectivity index (χ2v) is 20.1. The van der Waals surface area contributed by atoms with Gasteiger partial charge in [-0.15, -0.1) is 0 Å².